The number of halogens is 3. The van der Waals surface area contributed by atoms with Crippen LogP contribution >= 0.6 is 0 Å². The van der Waals surface area contributed by atoms with Gasteiger partial charge in [0, 0.05) is 18.5 Å². The summed E-state index contributed by atoms with van der Waals surface area (Å²) in [6, 6.07) is 5.33. The third-order valence-electron chi connectivity index (χ3n) is 2.89. The zero-order valence-electron chi connectivity index (χ0n) is 9.79. The van der Waals surface area contributed by atoms with Gasteiger partial charge in [0.2, 0.25) is 0 Å². The van der Waals surface area contributed by atoms with E-state index in [9.17, 15) is 13.2 Å². The van der Waals surface area contributed by atoms with E-state index in [2.05, 4.69) is 5.16 Å². The maximum atomic E-state index is 12.9. The lowest BCUT2D eigenvalue weighted by molar-refractivity contribution is -0.137. The van der Waals surface area contributed by atoms with Crippen LogP contribution in [0.15, 0.2) is 29.4 Å². The molecule has 0 radical (unpaired) electrons. The molecule has 2 N–H and O–H groups in total. The molecule has 0 amide bonds. The molecule has 1 unspecified atom stereocenters. The predicted molar refractivity (Wildman–Crippen MR) is 61.1 cm³/mol. The Balaban J connectivity index is 2.37. The number of benzene rings is 1. The van der Waals surface area contributed by atoms with E-state index in [1.165, 1.54) is 12.1 Å². The molecular weight excluding hydrogens is 245 g/mol. The van der Waals surface area contributed by atoms with E-state index in [-0.39, 0.29) is 24.2 Å². The number of hydrogen-bond acceptors (Lipinski definition) is 3. The van der Waals surface area contributed by atoms with Crippen molar-refractivity contribution >= 4 is 5.71 Å². The minimum atomic E-state index is -4.40. The van der Waals surface area contributed by atoms with E-state index >= 15 is 0 Å². The summed E-state index contributed by atoms with van der Waals surface area (Å²) in [4.78, 5) is 5.12. The lowest BCUT2D eigenvalue weighted by atomic mass is 9.93. The molecule has 18 heavy (non-hydrogen) atoms. The average Bonchev–Trinajstić information content (AvgIpc) is 2.72. The summed E-state index contributed by atoms with van der Waals surface area (Å²) in [6.07, 6.45) is -4.13. The van der Waals surface area contributed by atoms with Crippen LogP contribution in [0.25, 0.3) is 0 Å². The van der Waals surface area contributed by atoms with Gasteiger partial charge in [0.1, 0.15) is 0 Å². The Morgan fingerprint density at radius 3 is 2.61 bits per heavy atom. The standard InChI is InChI=1S/C12H13F3N2O/c1-11(7-16)6-10(17-18-11)8-4-2-3-5-9(8)12(13,14)15/h2-5H,6-7,16H2,1H3. The Bertz CT molecular complexity index is 484. The van der Waals surface area contributed by atoms with Gasteiger partial charge in [-0.05, 0) is 13.0 Å². The average molecular weight is 258 g/mol. The lowest BCUT2D eigenvalue weighted by Gasteiger charge is -2.18. The molecule has 1 aromatic rings. The van der Waals surface area contributed by atoms with Crippen LogP contribution in [0.2, 0.25) is 0 Å². The van der Waals surface area contributed by atoms with Crippen molar-refractivity contribution in [1.29, 1.82) is 0 Å². The van der Waals surface area contributed by atoms with Crippen molar-refractivity contribution in [2.24, 2.45) is 10.9 Å². The zero-order valence-corrected chi connectivity index (χ0v) is 9.79. The molecule has 0 saturated carbocycles. The van der Waals surface area contributed by atoms with Crippen molar-refractivity contribution in [2.45, 2.75) is 25.1 Å². The maximum absolute atomic E-state index is 12.9. The molecule has 0 bridgehead atoms. The summed E-state index contributed by atoms with van der Waals surface area (Å²) in [5.74, 6) is 0. The smallest absolute Gasteiger partial charge is 0.387 e. The zero-order chi connectivity index (χ0) is 13.4. The second-order valence-corrected chi connectivity index (χ2v) is 4.50. The molecule has 1 aromatic carbocycles. The summed E-state index contributed by atoms with van der Waals surface area (Å²) in [6.45, 7) is 1.92. The molecule has 1 aliphatic heterocycles. The van der Waals surface area contributed by atoms with Crippen LogP contribution in [0.4, 0.5) is 13.2 Å². The van der Waals surface area contributed by atoms with Crippen molar-refractivity contribution in [2.75, 3.05) is 6.54 Å². The Hall–Kier alpha value is -1.56. The number of alkyl halides is 3. The van der Waals surface area contributed by atoms with Gasteiger partial charge in [0.05, 0.1) is 11.3 Å². The van der Waals surface area contributed by atoms with Gasteiger partial charge >= 0.3 is 6.18 Å². The van der Waals surface area contributed by atoms with Gasteiger partial charge in [-0.1, -0.05) is 23.4 Å². The van der Waals surface area contributed by atoms with Crippen LogP contribution in [-0.2, 0) is 11.0 Å². The molecule has 1 atom stereocenters. The molecular formula is C12H13F3N2O. The number of nitrogens with zero attached hydrogens (tertiary/aromatic N) is 1. The van der Waals surface area contributed by atoms with Crippen molar-refractivity contribution in [1.82, 2.24) is 0 Å². The fraction of sp³-hybridized carbons (Fsp3) is 0.417. The summed E-state index contributed by atoms with van der Waals surface area (Å²) < 4.78 is 38.6. The van der Waals surface area contributed by atoms with Crippen LogP contribution in [-0.4, -0.2) is 17.9 Å². The number of nitrogens with two attached hydrogens (primary N) is 1. The fourth-order valence-corrected chi connectivity index (χ4v) is 1.82. The first-order valence-corrected chi connectivity index (χ1v) is 5.47. The number of rotatable bonds is 2. The molecule has 0 aliphatic carbocycles. The first kappa shape index (κ1) is 12.9. The van der Waals surface area contributed by atoms with Gasteiger partial charge in [-0.15, -0.1) is 0 Å². The molecule has 1 heterocycles. The molecule has 98 valence electrons. The SMILES string of the molecule is CC1(CN)CC(c2ccccc2C(F)(F)F)=NO1. The van der Waals surface area contributed by atoms with Gasteiger partial charge in [-0.25, -0.2) is 0 Å². The summed E-state index contributed by atoms with van der Waals surface area (Å²) in [7, 11) is 0. The quantitative estimate of drug-likeness (QED) is 0.886. The van der Waals surface area contributed by atoms with Gasteiger partial charge in [-0.3, -0.25) is 0 Å². The van der Waals surface area contributed by atoms with Crippen LogP contribution in [0.1, 0.15) is 24.5 Å². The molecule has 0 saturated heterocycles. The van der Waals surface area contributed by atoms with Gasteiger partial charge in [-0.2, -0.15) is 13.2 Å². The third-order valence-corrected chi connectivity index (χ3v) is 2.89. The van der Waals surface area contributed by atoms with E-state index in [1.54, 1.807) is 13.0 Å². The van der Waals surface area contributed by atoms with Crippen LogP contribution in [0, 0.1) is 0 Å². The monoisotopic (exact) mass is 258 g/mol. The van der Waals surface area contributed by atoms with E-state index < -0.39 is 17.3 Å². The summed E-state index contributed by atoms with van der Waals surface area (Å²) >= 11 is 0. The summed E-state index contributed by atoms with van der Waals surface area (Å²) in [5, 5.41) is 3.74. The Labute approximate surface area is 102 Å². The van der Waals surface area contributed by atoms with Crippen molar-refractivity contribution in [3.63, 3.8) is 0 Å². The molecule has 2 rings (SSSR count). The highest BCUT2D eigenvalue weighted by Crippen LogP contribution is 2.35. The van der Waals surface area contributed by atoms with Gasteiger partial charge in [0.25, 0.3) is 0 Å². The van der Waals surface area contributed by atoms with E-state index in [4.69, 9.17) is 10.6 Å². The second-order valence-electron chi connectivity index (χ2n) is 4.50. The van der Waals surface area contributed by atoms with Crippen LogP contribution in [0.5, 0.6) is 0 Å². The normalized spacial score (nSPS) is 23.7. The Morgan fingerprint density at radius 1 is 1.39 bits per heavy atom. The van der Waals surface area contributed by atoms with Crippen molar-refractivity contribution in [3.05, 3.63) is 35.4 Å². The molecule has 3 nitrogen and oxygen atoms in total. The largest absolute Gasteiger partial charge is 0.417 e. The highest BCUT2D eigenvalue weighted by atomic mass is 19.4. The van der Waals surface area contributed by atoms with Crippen molar-refractivity contribution in [3.8, 4) is 0 Å². The lowest BCUT2D eigenvalue weighted by Crippen LogP contribution is -2.34. The van der Waals surface area contributed by atoms with Crippen molar-refractivity contribution < 1.29 is 18.0 Å². The third kappa shape index (κ3) is 2.33. The van der Waals surface area contributed by atoms with E-state index in [0.29, 0.717) is 0 Å². The molecule has 1 aliphatic rings. The van der Waals surface area contributed by atoms with E-state index in [1.807, 2.05) is 0 Å². The minimum Gasteiger partial charge on any atom is -0.387 e. The molecule has 6 heteroatoms. The molecule has 0 aromatic heterocycles. The highest BCUT2D eigenvalue weighted by Gasteiger charge is 2.39. The van der Waals surface area contributed by atoms with Gasteiger partial charge < -0.3 is 10.6 Å². The fourth-order valence-electron chi connectivity index (χ4n) is 1.82. The predicted octanol–water partition coefficient (Wildman–Crippen LogP) is 2.55. The highest BCUT2D eigenvalue weighted by molar-refractivity contribution is 6.03. The first-order chi connectivity index (χ1) is 8.36. The maximum Gasteiger partial charge on any atom is 0.417 e. The van der Waals surface area contributed by atoms with Gasteiger partial charge in [0.15, 0.2) is 5.60 Å². The molecule has 0 spiro atoms. The van der Waals surface area contributed by atoms with E-state index in [0.717, 1.165) is 6.07 Å². The number of hydrogen-bond donors (Lipinski definition) is 1. The Morgan fingerprint density at radius 2 is 2.06 bits per heavy atom. The van der Waals surface area contributed by atoms with Crippen LogP contribution < -0.4 is 5.73 Å². The first-order valence-electron chi connectivity index (χ1n) is 5.47. The number of oxime groups is 1. The molecule has 0 fully saturated rings. The second kappa shape index (κ2) is 4.28. The van der Waals surface area contributed by atoms with Crippen LogP contribution in [0.3, 0.4) is 0 Å². The summed E-state index contributed by atoms with van der Waals surface area (Å²) in [5.41, 5.74) is 4.44. The Kier molecular flexibility index (Phi) is 3.06. The topological polar surface area (TPSA) is 47.6 Å². The minimum absolute atomic E-state index is 0.0576.